The van der Waals surface area contributed by atoms with Crippen LogP contribution in [0.4, 0.5) is 17.3 Å². The predicted molar refractivity (Wildman–Crippen MR) is 201 cm³/mol. The van der Waals surface area contributed by atoms with Crippen LogP contribution < -0.4 is 4.90 Å². The summed E-state index contributed by atoms with van der Waals surface area (Å²) in [5, 5.41) is 3.70. The molecule has 0 saturated carbocycles. The van der Waals surface area contributed by atoms with Gasteiger partial charge in [-0.25, -0.2) is 9.97 Å². The van der Waals surface area contributed by atoms with Crippen molar-refractivity contribution in [1.29, 1.82) is 0 Å². The number of benzene rings is 5. The Morgan fingerprint density at radius 1 is 0.708 bits per heavy atom. The number of hydrogen-bond acceptors (Lipinski definition) is 3. The van der Waals surface area contributed by atoms with E-state index in [4.69, 9.17) is 9.97 Å². The summed E-state index contributed by atoms with van der Waals surface area (Å²) in [5.41, 5.74) is 12.0. The minimum Gasteiger partial charge on any atom is -0.278 e. The molecule has 0 saturated heterocycles. The van der Waals surface area contributed by atoms with Gasteiger partial charge in [0.25, 0.3) is 0 Å². The van der Waals surface area contributed by atoms with Crippen LogP contribution in [0.2, 0.25) is 0 Å². The first-order chi connectivity index (χ1) is 23.5. The maximum atomic E-state index is 5.45. The molecule has 1 aliphatic carbocycles. The van der Waals surface area contributed by atoms with E-state index in [1.807, 2.05) is 6.20 Å². The van der Waals surface area contributed by atoms with Crippen LogP contribution in [0.15, 0.2) is 134 Å². The largest absolute Gasteiger partial charge is 0.278 e. The molecule has 2 aliphatic rings. The van der Waals surface area contributed by atoms with Gasteiger partial charge in [-0.2, -0.15) is 0 Å². The molecule has 0 amide bonds. The monoisotopic (exact) mass is 619 g/mol. The average Bonchev–Trinajstić information content (AvgIpc) is 3.32. The van der Waals surface area contributed by atoms with Gasteiger partial charge in [0, 0.05) is 22.6 Å². The van der Waals surface area contributed by atoms with Gasteiger partial charge in [-0.05, 0) is 98.8 Å². The zero-order valence-corrected chi connectivity index (χ0v) is 27.6. The summed E-state index contributed by atoms with van der Waals surface area (Å²) in [4.78, 5) is 12.7. The first kappa shape index (κ1) is 28.7. The standard InChI is InChI=1S/C45H37N3/c1-29-11-9-14-31-18-19-32-21-25-42(47-43(32)38(31)27-29)48-41-24-20-33(28-40(41)45(2,3)39-17-10-26-46-44(39)48)35-23-22-34(30-12-5-4-6-13-30)36-15-7-8-16-37(35)36/h4-10,12-26,28-29H,11,27H2,1-3H3. The molecule has 5 aromatic carbocycles. The van der Waals surface area contributed by atoms with E-state index in [2.05, 4.69) is 159 Å². The summed E-state index contributed by atoms with van der Waals surface area (Å²) in [6, 6.07) is 44.2. The second kappa shape index (κ2) is 11.0. The highest BCUT2D eigenvalue weighted by Crippen LogP contribution is 2.52. The van der Waals surface area contributed by atoms with Crippen LogP contribution in [0.25, 0.3) is 50.0 Å². The Morgan fingerprint density at radius 3 is 2.27 bits per heavy atom. The van der Waals surface area contributed by atoms with Gasteiger partial charge in [0.2, 0.25) is 0 Å². The second-order valence-corrected chi connectivity index (χ2v) is 14.0. The molecule has 48 heavy (non-hydrogen) atoms. The normalized spacial score (nSPS) is 16.3. The summed E-state index contributed by atoms with van der Waals surface area (Å²) in [6.07, 6.45) is 8.61. The second-order valence-electron chi connectivity index (χ2n) is 14.0. The van der Waals surface area contributed by atoms with Gasteiger partial charge in [0.05, 0.1) is 11.2 Å². The third kappa shape index (κ3) is 4.49. The molecule has 0 N–H and O–H groups in total. The Kier molecular flexibility index (Phi) is 6.58. The Bertz CT molecular complexity index is 2400. The van der Waals surface area contributed by atoms with Gasteiger partial charge in [-0.1, -0.05) is 124 Å². The number of nitrogens with zero attached hydrogens (tertiary/aromatic N) is 3. The van der Waals surface area contributed by atoms with E-state index in [1.165, 1.54) is 60.7 Å². The van der Waals surface area contributed by atoms with Crippen LogP contribution in [0.1, 0.15) is 49.4 Å². The van der Waals surface area contributed by atoms with E-state index in [1.54, 1.807) is 0 Å². The van der Waals surface area contributed by atoms with E-state index in [0.717, 1.165) is 35.7 Å². The first-order valence-electron chi connectivity index (χ1n) is 17.0. The molecule has 2 aromatic heterocycles. The van der Waals surface area contributed by atoms with Crippen molar-refractivity contribution in [2.24, 2.45) is 5.92 Å². The van der Waals surface area contributed by atoms with Crippen molar-refractivity contribution in [1.82, 2.24) is 9.97 Å². The number of allylic oxidation sites excluding steroid dienone is 1. The lowest BCUT2D eigenvalue weighted by atomic mass is 9.74. The van der Waals surface area contributed by atoms with Crippen molar-refractivity contribution in [3.8, 4) is 22.3 Å². The van der Waals surface area contributed by atoms with E-state index in [9.17, 15) is 0 Å². The summed E-state index contributed by atoms with van der Waals surface area (Å²) < 4.78 is 0. The molecule has 0 radical (unpaired) electrons. The molecule has 1 atom stereocenters. The van der Waals surface area contributed by atoms with Crippen molar-refractivity contribution >= 4 is 45.1 Å². The minimum absolute atomic E-state index is 0.265. The lowest BCUT2D eigenvalue weighted by molar-refractivity contribution is 0.596. The maximum absolute atomic E-state index is 5.45. The van der Waals surface area contributed by atoms with E-state index >= 15 is 0 Å². The Hall–Kier alpha value is -5.54. The van der Waals surface area contributed by atoms with E-state index in [-0.39, 0.29) is 5.41 Å². The lowest BCUT2D eigenvalue weighted by Gasteiger charge is -2.40. The van der Waals surface area contributed by atoms with Gasteiger partial charge >= 0.3 is 0 Å². The molecular weight excluding hydrogens is 583 g/mol. The van der Waals surface area contributed by atoms with Crippen molar-refractivity contribution in [2.45, 2.75) is 39.0 Å². The molecule has 9 rings (SSSR count). The summed E-state index contributed by atoms with van der Waals surface area (Å²) in [7, 11) is 0. The van der Waals surface area contributed by atoms with Gasteiger partial charge in [0.15, 0.2) is 0 Å². The molecule has 3 heteroatoms. The first-order valence-corrected chi connectivity index (χ1v) is 17.0. The van der Waals surface area contributed by atoms with Crippen LogP contribution >= 0.6 is 0 Å². The Morgan fingerprint density at radius 2 is 1.46 bits per heavy atom. The number of pyridine rings is 2. The molecule has 0 bridgehead atoms. The van der Waals surface area contributed by atoms with Crippen LogP contribution in [0, 0.1) is 5.92 Å². The van der Waals surface area contributed by atoms with Gasteiger partial charge in [0.1, 0.15) is 11.6 Å². The molecule has 7 aromatic rings. The van der Waals surface area contributed by atoms with Crippen LogP contribution in [0.3, 0.4) is 0 Å². The number of rotatable bonds is 3. The van der Waals surface area contributed by atoms with Crippen molar-refractivity contribution in [3.05, 3.63) is 156 Å². The molecular formula is C45H37N3. The smallest absolute Gasteiger partial charge is 0.142 e. The maximum Gasteiger partial charge on any atom is 0.142 e. The Labute approximate surface area is 282 Å². The molecule has 3 nitrogen and oxygen atoms in total. The highest BCUT2D eigenvalue weighted by atomic mass is 15.3. The topological polar surface area (TPSA) is 29.0 Å². The van der Waals surface area contributed by atoms with Crippen molar-refractivity contribution in [3.63, 3.8) is 0 Å². The molecule has 1 unspecified atom stereocenters. The molecule has 0 fully saturated rings. The molecule has 0 spiro atoms. The summed E-state index contributed by atoms with van der Waals surface area (Å²) in [6.45, 7) is 6.98. The third-order valence-corrected chi connectivity index (χ3v) is 10.5. The fourth-order valence-electron chi connectivity index (χ4n) is 7.98. The quantitative estimate of drug-likeness (QED) is 0.197. The third-order valence-electron chi connectivity index (χ3n) is 10.5. The number of aromatic nitrogens is 2. The highest BCUT2D eigenvalue weighted by Gasteiger charge is 2.38. The molecule has 1 aliphatic heterocycles. The zero-order chi connectivity index (χ0) is 32.4. The minimum atomic E-state index is -0.265. The van der Waals surface area contributed by atoms with Crippen LogP contribution in [-0.2, 0) is 11.8 Å². The van der Waals surface area contributed by atoms with Crippen molar-refractivity contribution in [2.75, 3.05) is 4.90 Å². The van der Waals surface area contributed by atoms with Gasteiger partial charge < -0.3 is 0 Å². The fourth-order valence-corrected chi connectivity index (χ4v) is 7.98. The summed E-state index contributed by atoms with van der Waals surface area (Å²) in [5.74, 6) is 2.43. The van der Waals surface area contributed by atoms with Crippen molar-refractivity contribution < 1.29 is 0 Å². The highest BCUT2D eigenvalue weighted by molar-refractivity contribution is 6.05. The van der Waals surface area contributed by atoms with Crippen LogP contribution in [0.5, 0.6) is 0 Å². The zero-order valence-electron chi connectivity index (χ0n) is 27.6. The van der Waals surface area contributed by atoms with E-state index in [0.29, 0.717) is 5.92 Å². The lowest BCUT2D eigenvalue weighted by Crippen LogP contribution is -2.31. The van der Waals surface area contributed by atoms with Gasteiger partial charge in [-0.15, -0.1) is 0 Å². The molecule has 232 valence electrons. The van der Waals surface area contributed by atoms with E-state index < -0.39 is 0 Å². The van der Waals surface area contributed by atoms with Gasteiger partial charge in [-0.3, -0.25) is 4.90 Å². The van der Waals surface area contributed by atoms with Crippen LogP contribution in [-0.4, -0.2) is 9.97 Å². The molecule has 3 heterocycles. The fraction of sp³-hybridized carbons (Fsp3) is 0.156. The predicted octanol–water partition coefficient (Wildman–Crippen LogP) is 11.8. The Balaban J connectivity index is 1.23. The SMILES string of the molecule is CC1CC=Cc2ccc3ccc(N4c5ccc(-c6ccc(-c7ccccc7)c7ccccc67)cc5C(C)(C)c5cccnc54)nc3c2C1. The number of fused-ring (bicyclic) bond motifs is 6. The number of hydrogen-bond donors (Lipinski definition) is 0. The average molecular weight is 620 g/mol. The number of anilines is 3. The summed E-state index contributed by atoms with van der Waals surface area (Å²) >= 11 is 0.